The van der Waals surface area contributed by atoms with Crippen molar-refractivity contribution in [2.45, 2.75) is 31.8 Å². The normalized spacial score (nSPS) is 18.1. The second kappa shape index (κ2) is 6.46. The first-order valence-electron chi connectivity index (χ1n) is 7.51. The van der Waals surface area contributed by atoms with Crippen molar-refractivity contribution in [3.05, 3.63) is 45.3 Å². The Hall–Kier alpha value is -1.92. The fraction of sp³-hybridized carbons (Fsp3) is 0.500. The summed E-state index contributed by atoms with van der Waals surface area (Å²) in [6.45, 7) is 12.1. The number of hydrogen-bond acceptors (Lipinski definition) is 4. The van der Waals surface area contributed by atoms with Crippen LogP contribution in [0.4, 0.5) is 0 Å². The van der Waals surface area contributed by atoms with Crippen molar-refractivity contribution in [1.82, 2.24) is 14.5 Å². The van der Waals surface area contributed by atoms with Crippen molar-refractivity contribution < 1.29 is 0 Å². The van der Waals surface area contributed by atoms with Crippen LogP contribution in [-0.4, -0.2) is 39.6 Å². The number of nitrogens with two attached hydrogens (primary N) is 1. The van der Waals surface area contributed by atoms with E-state index in [4.69, 9.17) is 5.73 Å². The molecule has 0 amide bonds. The molecular formula is C16H24N4O2. The van der Waals surface area contributed by atoms with Crippen molar-refractivity contribution >= 4 is 12.2 Å². The van der Waals surface area contributed by atoms with Gasteiger partial charge in [-0.3, -0.25) is 9.36 Å². The van der Waals surface area contributed by atoms with E-state index < -0.39 is 5.69 Å². The first-order chi connectivity index (χ1) is 10.4. The van der Waals surface area contributed by atoms with Gasteiger partial charge in [-0.05, 0) is 38.9 Å². The molecule has 2 heterocycles. The lowest BCUT2D eigenvalue weighted by Gasteiger charge is -2.36. The van der Waals surface area contributed by atoms with Crippen LogP contribution in [0, 0.1) is 0 Å². The van der Waals surface area contributed by atoms with Crippen LogP contribution in [0.15, 0.2) is 22.7 Å². The predicted octanol–water partition coefficient (Wildman–Crippen LogP) is 0.636. The average molecular weight is 304 g/mol. The van der Waals surface area contributed by atoms with E-state index in [9.17, 15) is 9.59 Å². The van der Waals surface area contributed by atoms with Gasteiger partial charge in [0.2, 0.25) is 0 Å². The fourth-order valence-corrected chi connectivity index (χ4v) is 2.69. The topological polar surface area (TPSA) is 84.1 Å². The molecule has 22 heavy (non-hydrogen) atoms. The van der Waals surface area contributed by atoms with E-state index in [2.05, 4.69) is 30.0 Å². The first-order valence-corrected chi connectivity index (χ1v) is 7.51. The van der Waals surface area contributed by atoms with Gasteiger partial charge in [0.25, 0.3) is 5.56 Å². The van der Waals surface area contributed by atoms with E-state index in [1.807, 2.05) is 0 Å². The lowest BCUT2D eigenvalue weighted by atomic mass is 9.91. The number of aromatic amines is 1. The standard InChI is InChI=1S/C16H24N4O2/c1-4-12-13(5-2)18-15(22)20(14(12)21)11-10-19-8-6-16(3,17)7-9-19/h4-5H,1-2,6-11,17H2,3H3,(H,18,22). The van der Waals surface area contributed by atoms with Crippen LogP contribution in [-0.2, 0) is 6.54 Å². The molecule has 1 aliphatic rings. The maximum absolute atomic E-state index is 12.4. The largest absolute Gasteiger partial charge is 0.328 e. The maximum Gasteiger partial charge on any atom is 0.328 e. The Kier molecular flexibility index (Phi) is 4.83. The minimum Gasteiger partial charge on any atom is -0.325 e. The third kappa shape index (κ3) is 3.45. The SMILES string of the molecule is C=Cc1[nH]c(=O)n(CCN2CCC(C)(N)CC2)c(=O)c1C=C. The van der Waals surface area contributed by atoms with E-state index in [0.717, 1.165) is 25.9 Å². The highest BCUT2D eigenvalue weighted by atomic mass is 16.2. The van der Waals surface area contributed by atoms with Gasteiger partial charge in [-0.1, -0.05) is 19.2 Å². The third-order valence-electron chi connectivity index (χ3n) is 4.30. The Balaban J connectivity index is 2.14. The van der Waals surface area contributed by atoms with Crippen LogP contribution in [0.3, 0.4) is 0 Å². The van der Waals surface area contributed by atoms with Gasteiger partial charge in [0.1, 0.15) is 0 Å². The number of piperidine rings is 1. The molecule has 3 N–H and O–H groups in total. The number of H-pyrrole nitrogens is 1. The van der Waals surface area contributed by atoms with E-state index in [1.54, 1.807) is 0 Å². The van der Waals surface area contributed by atoms with Gasteiger partial charge in [-0.15, -0.1) is 0 Å². The zero-order chi connectivity index (χ0) is 16.3. The third-order valence-corrected chi connectivity index (χ3v) is 4.30. The molecule has 0 bridgehead atoms. The number of nitrogens with one attached hydrogen (secondary N) is 1. The number of nitrogens with zero attached hydrogens (tertiary/aromatic N) is 2. The van der Waals surface area contributed by atoms with Gasteiger partial charge in [0.05, 0.1) is 11.3 Å². The zero-order valence-corrected chi connectivity index (χ0v) is 13.1. The number of hydrogen-bond donors (Lipinski definition) is 2. The van der Waals surface area contributed by atoms with Crippen LogP contribution in [0.2, 0.25) is 0 Å². The van der Waals surface area contributed by atoms with Gasteiger partial charge >= 0.3 is 5.69 Å². The highest BCUT2D eigenvalue weighted by molar-refractivity contribution is 5.59. The quantitative estimate of drug-likeness (QED) is 0.836. The molecule has 0 unspecified atom stereocenters. The van der Waals surface area contributed by atoms with Gasteiger partial charge in [-0.25, -0.2) is 4.79 Å². The maximum atomic E-state index is 12.4. The Morgan fingerprint density at radius 3 is 2.41 bits per heavy atom. The van der Waals surface area contributed by atoms with E-state index in [1.165, 1.54) is 16.7 Å². The average Bonchev–Trinajstić information content (AvgIpc) is 2.47. The van der Waals surface area contributed by atoms with Crippen molar-refractivity contribution in [2.24, 2.45) is 5.73 Å². The number of aromatic nitrogens is 2. The molecule has 0 radical (unpaired) electrons. The Morgan fingerprint density at radius 2 is 1.86 bits per heavy atom. The molecule has 6 nitrogen and oxygen atoms in total. The minimum absolute atomic E-state index is 0.105. The van der Waals surface area contributed by atoms with Crippen molar-refractivity contribution in [1.29, 1.82) is 0 Å². The molecule has 1 aromatic heterocycles. The van der Waals surface area contributed by atoms with Gasteiger partial charge in [0, 0.05) is 18.6 Å². The summed E-state index contributed by atoms with van der Waals surface area (Å²) in [6.07, 6.45) is 4.75. The highest BCUT2D eigenvalue weighted by Crippen LogP contribution is 2.18. The highest BCUT2D eigenvalue weighted by Gasteiger charge is 2.25. The van der Waals surface area contributed by atoms with Gasteiger partial charge in [-0.2, -0.15) is 0 Å². The van der Waals surface area contributed by atoms with Crippen LogP contribution < -0.4 is 17.0 Å². The van der Waals surface area contributed by atoms with Crippen LogP contribution in [0.5, 0.6) is 0 Å². The van der Waals surface area contributed by atoms with Crippen LogP contribution in [0.25, 0.3) is 12.2 Å². The Labute approximate surface area is 129 Å². The summed E-state index contributed by atoms with van der Waals surface area (Å²) in [4.78, 5) is 29.3. The lowest BCUT2D eigenvalue weighted by molar-refractivity contribution is 0.166. The number of likely N-dealkylation sites (tertiary alicyclic amines) is 1. The summed E-state index contributed by atoms with van der Waals surface area (Å²) in [5, 5.41) is 0. The second-order valence-corrected chi connectivity index (χ2v) is 6.12. The fourth-order valence-electron chi connectivity index (χ4n) is 2.69. The molecule has 0 atom stereocenters. The summed E-state index contributed by atoms with van der Waals surface area (Å²) in [5.41, 5.74) is 6.06. The molecule has 2 rings (SSSR count). The van der Waals surface area contributed by atoms with Crippen molar-refractivity contribution in [3.63, 3.8) is 0 Å². The molecule has 1 fully saturated rings. The smallest absolute Gasteiger partial charge is 0.325 e. The van der Waals surface area contributed by atoms with E-state index in [-0.39, 0.29) is 11.1 Å². The molecule has 0 saturated carbocycles. The molecule has 6 heteroatoms. The molecule has 0 spiro atoms. The molecule has 1 aromatic rings. The second-order valence-electron chi connectivity index (χ2n) is 6.12. The molecule has 1 saturated heterocycles. The monoisotopic (exact) mass is 304 g/mol. The Morgan fingerprint density at radius 1 is 1.23 bits per heavy atom. The summed E-state index contributed by atoms with van der Waals surface area (Å²) < 4.78 is 1.22. The molecule has 120 valence electrons. The van der Waals surface area contributed by atoms with E-state index >= 15 is 0 Å². The zero-order valence-electron chi connectivity index (χ0n) is 13.1. The molecule has 0 aromatic carbocycles. The van der Waals surface area contributed by atoms with Crippen molar-refractivity contribution in [3.8, 4) is 0 Å². The summed E-state index contributed by atoms with van der Waals surface area (Å²) in [5.74, 6) is 0. The van der Waals surface area contributed by atoms with E-state index in [0.29, 0.717) is 24.3 Å². The Bertz CT molecular complexity index is 674. The van der Waals surface area contributed by atoms with Crippen LogP contribution in [0.1, 0.15) is 31.0 Å². The summed E-state index contributed by atoms with van der Waals surface area (Å²) in [7, 11) is 0. The summed E-state index contributed by atoms with van der Waals surface area (Å²) >= 11 is 0. The minimum atomic E-state index is -0.411. The molecular weight excluding hydrogens is 280 g/mol. The van der Waals surface area contributed by atoms with Gasteiger partial charge in [0.15, 0.2) is 0 Å². The van der Waals surface area contributed by atoms with Crippen molar-refractivity contribution in [2.75, 3.05) is 19.6 Å². The van der Waals surface area contributed by atoms with Gasteiger partial charge < -0.3 is 15.6 Å². The molecule has 1 aliphatic heterocycles. The lowest BCUT2D eigenvalue weighted by Crippen LogP contribution is -2.49. The first kappa shape index (κ1) is 16.5. The molecule has 0 aliphatic carbocycles. The van der Waals surface area contributed by atoms with Crippen LogP contribution >= 0.6 is 0 Å². The number of rotatable bonds is 5. The summed E-state index contributed by atoms with van der Waals surface area (Å²) in [6, 6.07) is 0. The predicted molar refractivity (Wildman–Crippen MR) is 89.8 cm³/mol.